The Morgan fingerprint density at radius 3 is 2.48 bits per heavy atom. The molecule has 4 nitrogen and oxygen atoms in total. The van der Waals surface area contributed by atoms with E-state index in [1.165, 1.54) is 10.7 Å². The molecule has 0 amide bonds. The van der Waals surface area contributed by atoms with Crippen molar-refractivity contribution in [2.45, 2.75) is 13.5 Å². The molecule has 0 atom stereocenters. The molecule has 3 aromatic rings. The Bertz CT molecular complexity index is 765. The molecule has 1 heterocycles. The van der Waals surface area contributed by atoms with E-state index >= 15 is 0 Å². The number of nitrogens with zero attached hydrogens (tertiary/aromatic N) is 3. The Morgan fingerprint density at radius 2 is 1.81 bits per heavy atom. The van der Waals surface area contributed by atoms with Gasteiger partial charge in [0.15, 0.2) is 0 Å². The van der Waals surface area contributed by atoms with Crippen LogP contribution in [-0.4, -0.2) is 20.1 Å². The molecule has 106 valence electrons. The first-order valence-electron chi connectivity index (χ1n) is 6.58. The molecular weight excluding hydrogens is 269 g/mol. The van der Waals surface area contributed by atoms with Gasteiger partial charge in [0.2, 0.25) is 0 Å². The van der Waals surface area contributed by atoms with E-state index < -0.39 is 0 Å². The van der Waals surface area contributed by atoms with Gasteiger partial charge in [-0.25, -0.2) is 9.07 Å². The van der Waals surface area contributed by atoms with Crippen LogP contribution in [0.3, 0.4) is 0 Å². The zero-order chi connectivity index (χ0) is 14.8. The summed E-state index contributed by atoms with van der Waals surface area (Å²) < 4.78 is 15.4. The number of aliphatic hydroxyl groups is 1. The lowest BCUT2D eigenvalue weighted by Gasteiger charge is -2.09. The van der Waals surface area contributed by atoms with E-state index in [4.69, 9.17) is 0 Å². The lowest BCUT2D eigenvalue weighted by atomic mass is 10.1. The van der Waals surface area contributed by atoms with Gasteiger partial charge in [-0.2, -0.15) is 0 Å². The van der Waals surface area contributed by atoms with Gasteiger partial charge in [-0.3, -0.25) is 0 Å². The first kappa shape index (κ1) is 13.5. The minimum absolute atomic E-state index is 0.252. The molecule has 0 radical (unpaired) electrons. The zero-order valence-corrected chi connectivity index (χ0v) is 11.5. The number of para-hydroxylation sites is 1. The third-order valence-electron chi connectivity index (χ3n) is 3.30. The maximum Gasteiger partial charge on any atom is 0.148 e. The molecule has 5 heteroatoms. The van der Waals surface area contributed by atoms with Gasteiger partial charge in [0.25, 0.3) is 0 Å². The second-order valence-corrected chi connectivity index (χ2v) is 4.77. The molecular formula is C16H14FN3O. The van der Waals surface area contributed by atoms with Gasteiger partial charge < -0.3 is 5.11 Å². The number of hydrogen-bond acceptors (Lipinski definition) is 3. The summed E-state index contributed by atoms with van der Waals surface area (Å²) in [4.78, 5) is 0. The summed E-state index contributed by atoms with van der Waals surface area (Å²) in [6.07, 6.45) is 0. The number of hydrogen-bond donors (Lipinski definition) is 1. The predicted molar refractivity (Wildman–Crippen MR) is 77.4 cm³/mol. The molecule has 3 rings (SSSR count). The van der Waals surface area contributed by atoms with Gasteiger partial charge in [-0.05, 0) is 19.1 Å². The monoisotopic (exact) mass is 283 g/mol. The average molecular weight is 283 g/mol. The molecule has 0 bridgehead atoms. The van der Waals surface area contributed by atoms with E-state index in [9.17, 15) is 9.50 Å². The van der Waals surface area contributed by atoms with Crippen molar-refractivity contribution in [3.05, 3.63) is 65.6 Å². The molecule has 0 aliphatic rings. The van der Waals surface area contributed by atoms with Crippen LogP contribution in [-0.2, 0) is 6.61 Å². The fourth-order valence-electron chi connectivity index (χ4n) is 2.21. The van der Waals surface area contributed by atoms with Gasteiger partial charge >= 0.3 is 0 Å². The van der Waals surface area contributed by atoms with E-state index in [1.54, 1.807) is 18.2 Å². The van der Waals surface area contributed by atoms with Gasteiger partial charge in [0, 0.05) is 5.56 Å². The van der Waals surface area contributed by atoms with Crippen LogP contribution in [0.15, 0.2) is 48.5 Å². The van der Waals surface area contributed by atoms with Crippen LogP contribution in [0, 0.1) is 12.7 Å². The number of halogens is 1. The maximum atomic E-state index is 14.0. The molecule has 2 aromatic carbocycles. The second-order valence-electron chi connectivity index (χ2n) is 4.77. The highest BCUT2D eigenvalue weighted by Crippen LogP contribution is 2.26. The highest BCUT2D eigenvalue weighted by molar-refractivity contribution is 5.64. The molecule has 0 aliphatic carbocycles. The average Bonchev–Trinajstić information content (AvgIpc) is 2.92. The first-order valence-corrected chi connectivity index (χ1v) is 6.58. The molecule has 1 aromatic heterocycles. The van der Waals surface area contributed by atoms with Crippen molar-refractivity contribution in [1.82, 2.24) is 15.0 Å². The Hall–Kier alpha value is -2.53. The molecule has 0 saturated carbocycles. The fourth-order valence-corrected chi connectivity index (χ4v) is 2.21. The minimum atomic E-state index is -0.389. The van der Waals surface area contributed by atoms with Gasteiger partial charge in [0.05, 0.1) is 6.61 Å². The number of rotatable bonds is 3. The summed E-state index contributed by atoms with van der Waals surface area (Å²) in [6, 6.07) is 14.1. The smallest absolute Gasteiger partial charge is 0.148 e. The summed E-state index contributed by atoms with van der Waals surface area (Å²) in [5.41, 5.74) is 3.28. The molecule has 1 N–H and O–H groups in total. The molecule has 21 heavy (non-hydrogen) atoms. The Morgan fingerprint density at radius 1 is 1.10 bits per heavy atom. The van der Waals surface area contributed by atoms with Crippen LogP contribution in [0.2, 0.25) is 0 Å². The molecule has 0 fully saturated rings. The molecule has 0 saturated heterocycles. The van der Waals surface area contributed by atoms with Gasteiger partial charge in [-0.1, -0.05) is 47.2 Å². The van der Waals surface area contributed by atoms with Crippen molar-refractivity contribution in [2.24, 2.45) is 0 Å². The van der Waals surface area contributed by atoms with Crippen molar-refractivity contribution < 1.29 is 9.50 Å². The Kier molecular flexibility index (Phi) is 3.50. The molecule has 0 aliphatic heterocycles. The van der Waals surface area contributed by atoms with E-state index in [2.05, 4.69) is 10.3 Å². The summed E-state index contributed by atoms with van der Waals surface area (Å²) in [7, 11) is 0. The van der Waals surface area contributed by atoms with E-state index in [1.807, 2.05) is 31.2 Å². The number of benzene rings is 2. The second kappa shape index (κ2) is 5.46. The van der Waals surface area contributed by atoms with Crippen LogP contribution >= 0.6 is 0 Å². The molecule has 0 spiro atoms. The topological polar surface area (TPSA) is 50.9 Å². The normalized spacial score (nSPS) is 10.8. The number of aromatic nitrogens is 3. The van der Waals surface area contributed by atoms with Crippen LogP contribution in [0.1, 0.15) is 11.3 Å². The Labute approximate surface area is 121 Å². The lowest BCUT2D eigenvalue weighted by molar-refractivity contribution is 0.277. The van der Waals surface area contributed by atoms with Crippen LogP contribution in [0.4, 0.5) is 4.39 Å². The summed E-state index contributed by atoms with van der Waals surface area (Å²) in [5.74, 6) is -0.389. The van der Waals surface area contributed by atoms with Crippen molar-refractivity contribution in [2.75, 3.05) is 0 Å². The quantitative estimate of drug-likeness (QED) is 0.804. The standard InChI is InChI=1S/C16H14FN3O/c1-11-6-8-12(9-7-11)16-14(10-21)18-19-20(16)15-5-3-2-4-13(15)17/h2-9,21H,10H2,1H3. The molecule has 0 unspecified atom stereocenters. The summed E-state index contributed by atoms with van der Waals surface area (Å²) in [5, 5.41) is 17.4. The van der Waals surface area contributed by atoms with E-state index in [0.717, 1.165) is 11.1 Å². The number of aliphatic hydroxyl groups excluding tert-OH is 1. The largest absolute Gasteiger partial charge is 0.390 e. The fraction of sp³-hybridized carbons (Fsp3) is 0.125. The maximum absolute atomic E-state index is 14.0. The van der Waals surface area contributed by atoms with E-state index in [-0.39, 0.29) is 12.4 Å². The summed E-state index contributed by atoms with van der Waals surface area (Å²) >= 11 is 0. The van der Waals surface area contributed by atoms with Gasteiger partial charge in [0.1, 0.15) is 22.9 Å². The van der Waals surface area contributed by atoms with Crippen LogP contribution in [0.25, 0.3) is 16.9 Å². The van der Waals surface area contributed by atoms with Crippen molar-refractivity contribution >= 4 is 0 Å². The minimum Gasteiger partial charge on any atom is -0.390 e. The zero-order valence-electron chi connectivity index (χ0n) is 11.5. The highest BCUT2D eigenvalue weighted by Gasteiger charge is 2.17. The SMILES string of the molecule is Cc1ccc(-c2c(CO)nnn2-c2ccccc2F)cc1. The predicted octanol–water partition coefficient (Wildman–Crippen LogP) is 2.87. The van der Waals surface area contributed by atoms with Crippen LogP contribution in [0.5, 0.6) is 0 Å². The van der Waals surface area contributed by atoms with Gasteiger partial charge in [-0.15, -0.1) is 5.10 Å². The third kappa shape index (κ3) is 2.43. The van der Waals surface area contributed by atoms with Crippen molar-refractivity contribution in [3.63, 3.8) is 0 Å². The van der Waals surface area contributed by atoms with Crippen LogP contribution < -0.4 is 0 Å². The van der Waals surface area contributed by atoms with E-state index in [0.29, 0.717) is 17.1 Å². The van der Waals surface area contributed by atoms with Crippen molar-refractivity contribution in [1.29, 1.82) is 0 Å². The third-order valence-corrected chi connectivity index (χ3v) is 3.30. The first-order chi connectivity index (χ1) is 10.2. The summed E-state index contributed by atoms with van der Waals surface area (Å²) in [6.45, 7) is 1.74. The highest BCUT2D eigenvalue weighted by atomic mass is 19.1. The number of aryl methyl sites for hydroxylation is 1. The van der Waals surface area contributed by atoms with Crippen molar-refractivity contribution in [3.8, 4) is 16.9 Å². The Balaban J connectivity index is 2.22. The lowest BCUT2D eigenvalue weighted by Crippen LogP contribution is -2.02.